The van der Waals surface area contributed by atoms with Crippen molar-refractivity contribution in [2.45, 2.75) is 25.8 Å². The molecule has 1 atom stereocenters. The van der Waals surface area contributed by atoms with Crippen molar-refractivity contribution in [2.24, 2.45) is 0 Å². The first-order valence-corrected chi connectivity index (χ1v) is 8.90. The van der Waals surface area contributed by atoms with E-state index in [1.807, 2.05) is 42.5 Å². The number of nitrogens with zero attached hydrogens (tertiary/aromatic N) is 1. The van der Waals surface area contributed by atoms with Gasteiger partial charge in [-0.05, 0) is 47.9 Å². The summed E-state index contributed by atoms with van der Waals surface area (Å²) in [6.07, 6.45) is 0.989. The smallest absolute Gasteiger partial charge is 0.229 e. The zero-order valence-corrected chi connectivity index (χ0v) is 15.8. The molecule has 3 rings (SSSR count). The minimum absolute atomic E-state index is 0.0199. The molecule has 1 aliphatic heterocycles. The van der Waals surface area contributed by atoms with Crippen LogP contribution in [0.4, 0.5) is 5.69 Å². The van der Waals surface area contributed by atoms with E-state index in [0.29, 0.717) is 6.54 Å². The van der Waals surface area contributed by atoms with Gasteiger partial charge in [-0.1, -0.05) is 12.1 Å². The zero-order valence-electron chi connectivity index (χ0n) is 15.8. The fourth-order valence-electron chi connectivity index (χ4n) is 3.38. The number of carbonyl (C=O) groups excluding carboxylic acids is 2. The molecule has 2 aromatic rings. The van der Waals surface area contributed by atoms with Crippen LogP contribution in [0.15, 0.2) is 42.5 Å². The molecule has 1 unspecified atom stereocenters. The predicted octanol–water partition coefficient (Wildman–Crippen LogP) is 2.86. The van der Waals surface area contributed by atoms with Gasteiger partial charge in [0.15, 0.2) is 0 Å². The number of hydrogen-bond donors (Lipinski definition) is 1. The van der Waals surface area contributed by atoms with Crippen LogP contribution in [-0.4, -0.2) is 32.6 Å². The summed E-state index contributed by atoms with van der Waals surface area (Å²) in [6.45, 7) is 2.09. The Morgan fingerprint density at radius 1 is 1.07 bits per heavy atom. The van der Waals surface area contributed by atoms with E-state index in [1.165, 1.54) is 6.92 Å². The van der Waals surface area contributed by atoms with Crippen molar-refractivity contribution >= 4 is 17.5 Å². The third kappa shape index (κ3) is 4.22. The molecule has 1 heterocycles. The van der Waals surface area contributed by atoms with Crippen molar-refractivity contribution in [3.63, 3.8) is 0 Å². The minimum Gasteiger partial charge on any atom is -0.497 e. The third-order valence-corrected chi connectivity index (χ3v) is 4.76. The van der Waals surface area contributed by atoms with Crippen LogP contribution in [0.1, 0.15) is 30.5 Å². The van der Waals surface area contributed by atoms with E-state index in [1.54, 1.807) is 19.1 Å². The number of nitrogens with one attached hydrogen (secondary N) is 1. The highest BCUT2D eigenvalue weighted by Gasteiger charge is 2.27. The normalized spacial score (nSPS) is 13.7. The average Bonchev–Trinajstić information content (AvgIpc) is 3.10. The lowest BCUT2D eigenvalue weighted by Crippen LogP contribution is -2.35. The molecular formula is C21H24N2O4. The molecule has 0 bridgehead atoms. The maximum atomic E-state index is 13.0. The summed E-state index contributed by atoms with van der Waals surface area (Å²) in [6, 6.07) is 12.8. The monoisotopic (exact) mass is 368 g/mol. The Morgan fingerprint density at radius 3 is 2.37 bits per heavy atom. The molecule has 0 radical (unpaired) electrons. The van der Waals surface area contributed by atoms with Gasteiger partial charge in [0.1, 0.15) is 11.5 Å². The summed E-state index contributed by atoms with van der Waals surface area (Å²) in [5.41, 5.74) is 2.88. The number of hydrogen-bond acceptors (Lipinski definition) is 4. The van der Waals surface area contributed by atoms with Gasteiger partial charge in [-0.15, -0.1) is 0 Å². The summed E-state index contributed by atoms with van der Waals surface area (Å²) in [5.74, 6) is 1.33. The molecule has 0 aliphatic carbocycles. The molecule has 0 spiro atoms. The maximum Gasteiger partial charge on any atom is 0.229 e. The fraction of sp³-hybridized carbons (Fsp3) is 0.333. The Morgan fingerprint density at radius 2 is 1.74 bits per heavy atom. The second kappa shape index (κ2) is 8.12. The van der Waals surface area contributed by atoms with Crippen molar-refractivity contribution in [3.05, 3.63) is 53.6 Å². The Bertz CT molecular complexity index is 833. The zero-order chi connectivity index (χ0) is 19.4. The van der Waals surface area contributed by atoms with Crippen LogP contribution in [0, 0.1) is 0 Å². The van der Waals surface area contributed by atoms with Gasteiger partial charge in [0.05, 0.1) is 26.7 Å². The van der Waals surface area contributed by atoms with Crippen molar-refractivity contribution in [3.8, 4) is 11.5 Å². The van der Waals surface area contributed by atoms with Gasteiger partial charge in [-0.2, -0.15) is 0 Å². The lowest BCUT2D eigenvalue weighted by atomic mass is 10.0. The highest BCUT2D eigenvalue weighted by atomic mass is 16.5. The van der Waals surface area contributed by atoms with Crippen LogP contribution in [0.3, 0.4) is 0 Å². The molecule has 2 aromatic carbocycles. The van der Waals surface area contributed by atoms with Crippen LogP contribution in [0.25, 0.3) is 0 Å². The molecule has 0 fully saturated rings. The molecule has 0 aromatic heterocycles. The number of amides is 2. The summed E-state index contributed by atoms with van der Waals surface area (Å²) in [5, 5.41) is 2.88. The van der Waals surface area contributed by atoms with Crippen LogP contribution >= 0.6 is 0 Å². The first-order valence-electron chi connectivity index (χ1n) is 8.90. The molecule has 142 valence electrons. The molecule has 1 N–H and O–H groups in total. The molecule has 27 heavy (non-hydrogen) atoms. The van der Waals surface area contributed by atoms with E-state index in [2.05, 4.69) is 5.32 Å². The topological polar surface area (TPSA) is 67.9 Å². The third-order valence-electron chi connectivity index (χ3n) is 4.76. The van der Waals surface area contributed by atoms with E-state index < -0.39 is 0 Å². The van der Waals surface area contributed by atoms with E-state index in [4.69, 9.17) is 9.47 Å². The van der Waals surface area contributed by atoms with E-state index in [-0.39, 0.29) is 24.3 Å². The van der Waals surface area contributed by atoms with E-state index >= 15 is 0 Å². The Kier molecular flexibility index (Phi) is 5.64. The average molecular weight is 368 g/mol. The van der Waals surface area contributed by atoms with E-state index in [0.717, 1.165) is 34.7 Å². The van der Waals surface area contributed by atoms with Crippen molar-refractivity contribution in [1.29, 1.82) is 0 Å². The minimum atomic E-state index is -0.386. The fourth-order valence-corrected chi connectivity index (χ4v) is 3.38. The van der Waals surface area contributed by atoms with Gasteiger partial charge in [0.25, 0.3) is 0 Å². The lowest BCUT2D eigenvalue weighted by molar-refractivity contribution is -0.121. The van der Waals surface area contributed by atoms with Crippen LogP contribution in [-0.2, 0) is 16.0 Å². The predicted molar refractivity (Wildman–Crippen MR) is 103 cm³/mol. The van der Waals surface area contributed by atoms with Gasteiger partial charge in [0, 0.05) is 19.2 Å². The van der Waals surface area contributed by atoms with Crippen LogP contribution < -0.4 is 19.7 Å². The number of fused-ring (bicyclic) bond motifs is 1. The molecule has 0 saturated heterocycles. The van der Waals surface area contributed by atoms with Crippen molar-refractivity contribution < 1.29 is 19.1 Å². The highest BCUT2D eigenvalue weighted by molar-refractivity contribution is 5.96. The van der Waals surface area contributed by atoms with Gasteiger partial charge in [0.2, 0.25) is 11.8 Å². The summed E-state index contributed by atoms with van der Waals surface area (Å²) in [7, 11) is 3.23. The molecule has 0 saturated carbocycles. The van der Waals surface area contributed by atoms with Gasteiger partial charge in [-0.3, -0.25) is 9.59 Å². The molecule has 6 nitrogen and oxygen atoms in total. The summed E-state index contributed by atoms with van der Waals surface area (Å²) in [4.78, 5) is 26.4. The molecular weight excluding hydrogens is 344 g/mol. The summed E-state index contributed by atoms with van der Waals surface area (Å²) >= 11 is 0. The Balaban J connectivity index is 1.78. The van der Waals surface area contributed by atoms with Gasteiger partial charge >= 0.3 is 0 Å². The standard InChI is InChI=1S/C21H24N2O4/c1-14(24)22-19(15-4-6-17(26-2)7-5-15)13-21(25)23-11-10-16-12-18(27-3)8-9-20(16)23/h4-9,12,19H,10-11,13H2,1-3H3,(H,22,24). The van der Waals surface area contributed by atoms with Crippen molar-refractivity contribution in [1.82, 2.24) is 5.32 Å². The molecule has 6 heteroatoms. The number of benzene rings is 2. The Labute approximate surface area is 159 Å². The quantitative estimate of drug-likeness (QED) is 0.851. The number of methoxy groups -OCH3 is 2. The second-order valence-electron chi connectivity index (χ2n) is 6.52. The van der Waals surface area contributed by atoms with Gasteiger partial charge in [-0.25, -0.2) is 0 Å². The van der Waals surface area contributed by atoms with Crippen LogP contribution in [0.5, 0.6) is 11.5 Å². The van der Waals surface area contributed by atoms with E-state index in [9.17, 15) is 9.59 Å². The molecule has 2 amide bonds. The number of carbonyl (C=O) groups is 2. The second-order valence-corrected chi connectivity index (χ2v) is 6.52. The molecule has 1 aliphatic rings. The maximum absolute atomic E-state index is 13.0. The SMILES string of the molecule is COc1ccc(C(CC(=O)N2CCc3cc(OC)ccc32)NC(C)=O)cc1. The van der Waals surface area contributed by atoms with Gasteiger partial charge < -0.3 is 19.7 Å². The summed E-state index contributed by atoms with van der Waals surface area (Å²) < 4.78 is 10.4. The van der Waals surface area contributed by atoms with Crippen molar-refractivity contribution in [2.75, 3.05) is 25.7 Å². The first-order chi connectivity index (χ1) is 13.0. The Hall–Kier alpha value is -3.02. The first kappa shape index (κ1) is 18.8. The number of anilines is 1. The number of ether oxygens (including phenoxy) is 2. The van der Waals surface area contributed by atoms with Crippen LogP contribution in [0.2, 0.25) is 0 Å². The number of rotatable bonds is 6. The lowest BCUT2D eigenvalue weighted by Gasteiger charge is -2.23. The highest BCUT2D eigenvalue weighted by Crippen LogP contribution is 2.32. The largest absolute Gasteiger partial charge is 0.497 e.